The fourth-order valence-corrected chi connectivity index (χ4v) is 3.50. The molecule has 3 aromatic rings. The number of hydrogen-bond donors (Lipinski definition) is 1. The maximum Gasteiger partial charge on any atom is 0.289 e. The summed E-state index contributed by atoms with van der Waals surface area (Å²) in [6.07, 6.45) is 1.43. The molecule has 0 bridgehead atoms. The Morgan fingerprint density at radius 3 is 2.52 bits per heavy atom. The third-order valence-electron chi connectivity index (χ3n) is 5.13. The molecule has 3 heterocycles. The molecule has 0 aliphatic carbocycles. The zero-order chi connectivity index (χ0) is 21.8. The van der Waals surface area contributed by atoms with E-state index in [1.165, 1.54) is 6.20 Å². The van der Waals surface area contributed by atoms with E-state index >= 15 is 0 Å². The van der Waals surface area contributed by atoms with Gasteiger partial charge >= 0.3 is 0 Å². The number of amides is 2. The minimum absolute atomic E-state index is 0.136. The van der Waals surface area contributed by atoms with E-state index in [0.29, 0.717) is 49.1 Å². The summed E-state index contributed by atoms with van der Waals surface area (Å²) in [7, 11) is 0. The number of aryl methyl sites for hydroxylation is 1. The standard InChI is InChI=1S/C22H22N6O3/c1-16-7-8-19(31-16)22(30)27-11-9-26(10-12-27)15-20(29)25-21-17(13-23)14-24-28(21)18-5-3-2-4-6-18/h2-8,14H,9-12,15H2,1H3,(H,25,29). The van der Waals surface area contributed by atoms with Crippen molar-refractivity contribution in [2.75, 3.05) is 38.0 Å². The third-order valence-corrected chi connectivity index (χ3v) is 5.13. The van der Waals surface area contributed by atoms with Gasteiger partial charge in [0.25, 0.3) is 5.91 Å². The summed E-state index contributed by atoms with van der Waals surface area (Å²) in [5.41, 5.74) is 1.04. The number of carbonyl (C=O) groups excluding carboxylic acids is 2. The Balaban J connectivity index is 1.36. The largest absolute Gasteiger partial charge is 0.456 e. The predicted octanol–water partition coefficient (Wildman–Crippen LogP) is 2.04. The van der Waals surface area contributed by atoms with Crippen LogP contribution in [0.5, 0.6) is 0 Å². The molecule has 2 amide bonds. The first kappa shape index (κ1) is 20.4. The summed E-state index contributed by atoms with van der Waals surface area (Å²) in [6.45, 7) is 4.12. The molecular weight excluding hydrogens is 396 g/mol. The normalized spacial score (nSPS) is 14.3. The summed E-state index contributed by atoms with van der Waals surface area (Å²) < 4.78 is 6.95. The minimum atomic E-state index is -0.240. The number of hydrogen-bond acceptors (Lipinski definition) is 6. The second-order valence-electron chi connectivity index (χ2n) is 7.29. The van der Waals surface area contributed by atoms with Crippen molar-refractivity contribution in [1.82, 2.24) is 19.6 Å². The zero-order valence-corrected chi connectivity index (χ0v) is 17.1. The van der Waals surface area contributed by atoms with Crippen molar-refractivity contribution < 1.29 is 14.0 Å². The molecule has 0 spiro atoms. The number of benzene rings is 1. The molecule has 158 valence electrons. The molecule has 1 N–H and O–H groups in total. The molecule has 1 aliphatic heterocycles. The first-order chi connectivity index (χ1) is 15.0. The molecule has 1 fully saturated rings. The Hall–Kier alpha value is -3.90. The summed E-state index contributed by atoms with van der Waals surface area (Å²) in [4.78, 5) is 28.9. The van der Waals surface area contributed by atoms with E-state index in [1.807, 2.05) is 35.2 Å². The third kappa shape index (κ3) is 4.49. The monoisotopic (exact) mass is 418 g/mol. The highest BCUT2D eigenvalue weighted by Gasteiger charge is 2.25. The summed E-state index contributed by atoms with van der Waals surface area (Å²) in [5.74, 6) is 1.01. The van der Waals surface area contributed by atoms with Gasteiger partial charge in [0.15, 0.2) is 11.6 Å². The van der Waals surface area contributed by atoms with Crippen LogP contribution in [-0.4, -0.2) is 64.1 Å². The Morgan fingerprint density at radius 2 is 1.87 bits per heavy atom. The number of anilines is 1. The minimum Gasteiger partial charge on any atom is -0.456 e. The second kappa shape index (κ2) is 8.85. The Morgan fingerprint density at radius 1 is 1.13 bits per heavy atom. The summed E-state index contributed by atoms with van der Waals surface area (Å²) in [5, 5.41) is 16.4. The van der Waals surface area contributed by atoms with Crippen molar-refractivity contribution >= 4 is 17.6 Å². The lowest BCUT2D eigenvalue weighted by Gasteiger charge is -2.33. The Kier molecular flexibility index (Phi) is 5.82. The molecule has 9 heteroatoms. The molecule has 0 saturated carbocycles. The molecule has 4 rings (SSSR count). The van der Waals surface area contributed by atoms with Gasteiger partial charge in [-0.25, -0.2) is 4.68 Å². The Labute approximate surface area is 179 Å². The zero-order valence-electron chi connectivity index (χ0n) is 17.1. The van der Waals surface area contributed by atoms with Crippen LogP contribution in [0, 0.1) is 18.3 Å². The Bertz CT molecular complexity index is 1120. The van der Waals surface area contributed by atoms with Crippen LogP contribution >= 0.6 is 0 Å². The van der Waals surface area contributed by atoms with E-state index in [9.17, 15) is 14.9 Å². The number of nitrogens with one attached hydrogen (secondary N) is 1. The average molecular weight is 418 g/mol. The maximum absolute atomic E-state index is 12.7. The fraction of sp³-hybridized carbons (Fsp3) is 0.273. The SMILES string of the molecule is Cc1ccc(C(=O)N2CCN(CC(=O)Nc3c(C#N)cnn3-c3ccccc3)CC2)o1. The van der Waals surface area contributed by atoms with E-state index in [1.54, 1.807) is 28.6 Å². The number of para-hydroxylation sites is 1. The molecular formula is C22H22N6O3. The van der Waals surface area contributed by atoms with Gasteiger partial charge in [-0.3, -0.25) is 14.5 Å². The lowest BCUT2D eigenvalue weighted by atomic mass is 10.2. The van der Waals surface area contributed by atoms with Crippen molar-refractivity contribution in [3.05, 3.63) is 65.7 Å². The van der Waals surface area contributed by atoms with Gasteiger partial charge in [0, 0.05) is 26.2 Å². The van der Waals surface area contributed by atoms with Crippen LogP contribution in [-0.2, 0) is 4.79 Å². The van der Waals surface area contributed by atoms with Crippen molar-refractivity contribution in [2.24, 2.45) is 0 Å². The topological polar surface area (TPSA) is 107 Å². The maximum atomic E-state index is 12.7. The van der Waals surface area contributed by atoms with Gasteiger partial charge in [-0.1, -0.05) is 18.2 Å². The van der Waals surface area contributed by atoms with Crippen LogP contribution in [0.3, 0.4) is 0 Å². The first-order valence-corrected chi connectivity index (χ1v) is 9.96. The van der Waals surface area contributed by atoms with Crippen LogP contribution in [0.1, 0.15) is 21.9 Å². The fourth-order valence-electron chi connectivity index (χ4n) is 3.50. The number of carbonyl (C=O) groups is 2. The van der Waals surface area contributed by atoms with Gasteiger partial charge in [0.05, 0.1) is 18.4 Å². The summed E-state index contributed by atoms with van der Waals surface area (Å²) in [6, 6.07) is 14.8. The summed E-state index contributed by atoms with van der Waals surface area (Å²) >= 11 is 0. The number of rotatable bonds is 5. The van der Waals surface area contributed by atoms with Crippen LogP contribution in [0.4, 0.5) is 5.82 Å². The van der Waals surface area contributed by atoms with Crippen molar-refractivity contribution in [3.8, 4) is 11.8 Å². The van der Waals surface area contributed by atoms with Gasteiger partial charge in [0.1, 0.15) is 17.4 Å². The number of nitrogens with zero attached hydrogens (tertiary/aromatic N) is 5. The highest BCUT2D eigenvalue weighted by molar-refractivity contribution is 5.93. The van der Waals surface area contributed by atoms with E-state index in [0.717, 1.165) is 5.69 Å². The van der Waals surface area contributed by atoms with E-state index in [2.05, 4.69) is 16.5 Å². The lowest BCUT2D eigenvalue weighted by Crippen LogP contribution is -2.50. The van der Waals surface area contributed by atoms with Crippen molar-refractivity contribution in [2.45, 2.75) is 6.92 Å². The van der Waals surface area contributed by atoms with Crippen LogP contribution in [0.15, 0.2) is 53.1 Å². The van der Waals surface area contributed by atoms with E-state index in [-0.39, 0.29) is 18.4 Å². The number of nitriles is 1. The lowest BCUT2D eigenvalue weighted by molar-refractivity contribution is -0.117. The van der Waals surface area contributed by atoms with Crippen molar-refractivity contribution in [3.63, 3.8) is 0 Å². The number of aromatic nitrogens is 2. The van der Waals surface area contributed by atoms with Crippen LogP contribution in [0.25, 0.3) is 5.69 Å². The number of piperazine rings is 1. The van der Waals surface area contributed by atoms with Crippen molar-refractivity contribution in [1.29, 1.82) is 5.26 Å². The second-order valence-corrected chi connectivity index (χ2v) is 7.29. The highest BCUT2D eigenvalue weighted by Crippen LogP contribution is 2.19. The van der Waals surface area contributed by atoms with Gasteiger partial charge < -0.3 is 14.6 Å². The molecule has 9 nitrogen and oxygen atoms in total. The van der Waals surface area contributed by atoms with Gasteiger partial charge in [0.2, 0.25) is 5.91 Å². The van der Waals surface area contributed by atoms with E-state index < -0.39 is 0 Å². The highest BCUT2D eigenvalue weighted by atomic mass is 16.3. The van der Waals surface area contributed by atoms with Crippen LogP contribution in [0.2, 0.25) is 0 Å². The molecule has 0 unspecified atom stereocenters. The first-order valence-electron chi connectivity index (χ1n) is 9.96. The molecule has 31 heavy (non-hydrogen) atoms. The average Bonchev–Trinajstić information content (AvgIpc) is 3.40. The smallest absolute Gasteiger partial charge is 0.289 e. The molecule has 2 aromatic heterocycles. The molecule has 0 radical (unpaired) electrons. The predicted molar refractivity (Wildman–Crippen MR) is 113 cm³/mol. The van der Waals surface area contributed by atoms with Crippen LogP contribution < -0.4 is 5.32 Å². The molecule has 1 aliphatic rings. The molecule has 0 atom stereocenters. The molecule has 1 aromatic carbocycles. The van der Waals surface area contributed by atoms with Gasteiger partial charge in [-0.2, -0.15) is 10.4 Å². The van der Waals surface area contributed by atoms with E-state index in [4.69, 9.17) is 4.42 Å². The van der Waals surface area contributed by atoms with Gasteiger partial charge in [-0.15, -0.1) is 0 Å². The molecule has 1 saturated heterocycles. The quantitative estimate of drug-likeness (QED) is 0.679. The number of furan rings is 1. The van der Waals surface area contributed by atoms with Gasteiger partial charge in [-0.05, 0) is 31.2 Å².